The minimum atomic E-state index is -0.574. The zero-order chi connectivity index (χ0) is 15.1. The number of urea groups is 1. The molecule has 1 spiro atoms. The van der Waals surface area contributed by atoms with Crippen molar-refractivity contribution in [3.05, 3.63) is 0 Å². The van der Waals surface area contributed by atoms with Crippen molar-refractivity contribution in [2.75, 3.05) is 33.2 Å². The average molecular weight is 281 g/mol. The third-order valence-corrected chi connectivity index (χ3v) is 4.43. The summed E-state index contributed by atoms with van der Waals surface area (Å²) in [5.74, 6) is -0.0141. The van der Waals surface area contributed by atoms with Gasteiger partial charge in [-0.05, 0) is 25.2 Å². The van der Waals surface area contributed by atoms with Crippen LogP contribution >= 0.6 is 0 Å². The molecule has 0 aromatic heterocycles. The van der Waals surface area contributed by atoms with Crippen molar-refractivity contribution in [2.45, 2.75) is 46.1 Å². The van der Waals surface area contributed by atoms with Crippen molar-refractivity contribution in [1.29, 1.82) is 0 Å². The first-order valence-electron chi connectivity index (χ1n) is 7.53. The molecular weight excluding hydrogens is 254 g/mol. The molecular formula is C15H27N3O2. The predicted molar refractivity (Wildman–Crippen MR) is 78.4 cm³/mol. The zero-order valence-electron chi connectivity index (χ0n) is 13.4. The molecule has 0 aromatic carbocycles. The summed E-state index contributed by atoms with van der Waals surface area (Å²) in [5, 5.41) is 0. The molecule has 2 rings (SSSR count). The van der Waals surface area contributed by atoms with Crippen LogP contribution in [0, 0.1) is 5.41 Å². The lowest BCUT2D eigenvalue weighted by atomic mass is 9.84. The van der Waals surface area contributed by atoms with Gasteiger partial charge in [0.05, 0.1) is 0 Å². The molecule has 2 aliphatic heterocycles. The molecule has 0 atom stereocenters. The lowest BCUT2D eigenvalue weighted by molar-refractivity contribution is -0.134. The van der Waals surface area contributed by atoms with Crippen LogP contribution in [0.4, 0.5) is 4.79 Å². The van der Waals surface area contributed by atoms with Gasteiger partial charge in [0.1, 0.15) is 5.54 Å². The normalized spacial score (nSPS) is 24.1. The number of hydrogen-bond acceptors (Lipinski definition) is 3. The lowest BCUT2D eigenvalue weighted by Gasteiger charge is -2.43. The second-order valence-electron chi connectivity index (χ2n) is 7.26. The van der Waals surface area contributed by atoms with Gasteiger partial charge in [0.15, 0.2) is 0 Å². The molecule has 2 saturated heterocycles. The number of imide groups is 1. The summed E-state index contributed by atoms with van der Waals surface area (Å²) in [6.07, 6.45) is 1.51. The van der Waals surface area contributed by atoms with Gasteiger partial charge in [0.25, 0.3) is 5.91 Å². The third-order valence-electron chi connectivity index (χ3n) is 4.43. The first-order valence-corrected chi connectivity index (χ1v) is 7.53. The first kappa shape index (κ1) is 15.3. The standard InChI is InChI=1S/C15H27N3O2/c1-6-18-13(20)16(5)12(19)15(18)7-9-17(10-8-15)11-14(2,3)4/h6-11H2,1-5H3. The van der Waals surface area contributed by atoms with Gasteiger partial charge < -0.3 is 9.80 Å². The third kappa shape index (κ3) is 2.43. The largest absolute Gasteiger partial charge is 0.327 e. The Kier molecular flexibility index (Phi) is 3.84. The van der Waals surface area contributed by atoms with Gasteiger partial charge in [-0.15, -0.1) is 0 Å². The molecule has 0 aliphatic carbocycles. The van der Waals surface area contributed by atoms with E-state index in [1.807, 2.05) is 6.92 Å². The number of piperidine rings is 1. The number of hydrogen-bond donors (Lipinski definition) is 0. The van der Waals surface area contributed by atoms with Crippen LogP contribution in [0.5, 0.6) is 0 Å². The molecule has 20 heavy (non-hydrogen) atoms. The van der Waals surface area contributed by atoms with Gasteiger partial charge >= 0.3 is 6.03 Å². The summed E-state index contributed by atoms with van der Waals surface area (Å²) in [7, 11) is 1.60. The average Bonchev–Trinajstić information content (AvgIpc) is 2.53. The van der Waals surface area contributed by atoms with E-state index >= 15 is 0 Å². The highest BCUT2D eigenvalue weighted by atomic mass is 16.2. The Morgan fingerprint density at radius 1 is 1.15 bits per heavy atom. The van der Waals surface area contributed by atoms with Gasteiger partial charge in [0.2, 0.25) is 0 Å². The molecule has 2 heterocycles. The molecule has 2 fully saturated rings. The summed E-state index contributed by atoms with van der Waals surface area (Å²) < 4.78 is 0. The Balaban J connectivity index is 2.11. The van der Waals surface area contributed by atoms with Crippen molar-refractivity contribution >= 4 is 11.9 Å². The lowest BCUT2D eigenvalue weighted by Crippen LogP contribution is -2.57. The fourth-order valence-corrected chi connectivity index (χ4v) is 3.55. The summed E-state index contributed by atoms with van der Waals surface area (Å²) in [6, 6.07) is -0.137. The quantitative estimate of drug-likeness (QED) is 0.725. The molecule has 5 heteroatoms. The van der Waals surface area contributed by atoms with Crippen LogP contribution in [0.25, 0.3) is 0 Å². The number of rotatable bonds is 2. The van der Waals surface area contributed by atoms with E-state index in [0.29, 0.717) is 6.54 Å². The number of likely N-dealkylation sites (N-methyl/N-ethyl adjacent to an activating group) is 2. The maximum absolute atomic E-state index is 12.5. The smallest absolute Gasteiger partial charge is 0.310 e. The van der Waals surface area contributed by atoms with E-state index in [1.165, 1.54) is 4.90 Å². The van der Waals surface area contributed by atoms with Gasteiger partial charge in [0, 0.05) is 33.2 Å². The van der Waals surface area contributed by atoms with Gasteiger partial charge in [-0.1, -0.05) is 20.8 Å². The van der Waals surface area contributed by atoms with Gasteiger partial charge in [-0.2, -0.15) is 0 Å². The molecule has 114 valence electrons. The first-order chi connectivity index (χ1) is 9.21. The van der Waals surface area contributed by atoms with Crippen LogP contribution in [0.3, 0.4) is 0 Å². The maximum Gasteiger partial charge on any atom is 0.327 e. The van der Waals surface area contributed by atoms with E-state index < -0.39 is 5.54 Å². The van der Waals surface area contributed by atoms with E-state index in [0.717, 1.165) is 32.5 Å². The van der Waals surface area contributed by atoms with Crippen LogP contribution in [0.15, 0.2) is 0 Å². The van der Waals surface area contributed by atoms with Crippen LogP contribution in [-0.4, -0.2) is 65.4 Å². The Bertz CT molecular complexity index is 406. The van der Waals surface area contributed by atoms with Gasteiger partial charge in [-0.3, -0.25) is 9.69 Å². The highest BCUT2D eigenvalue weighted by molar-refractivity contribution is 6.06. The molecule has 0 bridgehead atoms. The Labute approximate surface area is 121 Å². The van der Waals surface area contributed by atoms with Gasteiger partial charge in [-0.25, -0.2) is 4.79 Å². The predicted octanol–water partition coefficient (Wildman–Crippen LogP) is 1.78. The van der Waals surface area contributed by atoms with E-state index in [1.54, 1.807) is 11.9 Å². The van der Waals surface area contributed by atoms with Crippen LogP contribution < -0.4 is 0 Å². The molecule has 0 radical (unpaired) electrons. The van der Waals surface area contributed by atoms with Crippen molar-refractivity contribution in [1.82, 2.24) is 14.7 Å². The van der Waals surface area contributed by atoms with E-state index in [2.05, 4.69) is 25.7 Å². The second-order valence-corrected chi connectivity index (χ2v) is 7.26. The molecule has 0 unspecified atom stereocenters. The number of carbonyl (C=O) groups is 2. The molecule has 0 saturated carbocycles. The number of nitrogens with zero attached hydrogens (tertiary/aromatic N) is 3. The fourth-order valence-electron chi connectivity index (χ4n) is 3.55. The molecule has 3 amide bonds. The monoisotopic (exact) mass is 281 g/mol. The number of amides is 3. The minimum absolute atomic E-state index is 0.0141. The second kappa shape index (κ2) is 5.02. The van der Waals surface area contributed by atoms with E-state index in [9.17, 15) is 9.59 Å². The maximum atomic E-state index is 12.5. The summed E-state index contributed by atoms with van der Waals surface area (Å²) in [5.41, 5.74) is -0.309. The highest BCUT2D eigenvalue weighted by Crippen LogP contribution is 2.36. The minimum Gasteiger partial charge on any atom is -0.310 e. The van der Waals surface area contributed by atoms with E-state index in [-0.39, 0.29) is 17.4 Å². The Morgan fingerprint density at radius 3 is 2.15 bits per heavy atom. The summed E-state index contributed by atoms with van der Waals surface area (Å²) in [6.45, 7) is 12.1. The number of likely N-dealkylation sites (tertiary alicyclic amines) is 1. The fraction of sp³-hybridized carbons (Fsp3) is 0.867. The zero-order valence-corrected chi connectivity index (χ0v) is 13.4. The molecule has 0 aromatic rings. The van der Waals surface area contributed by atoms with Crippen molar-refractivity contribution < 1.29 is 9.59 Å². The van der Waals surface area contributed by atoms with Crippen molar-refractivity contribution in [2.24, 2.45) is 5.41 Å². The van der Waals surface area contributed by atoms with Crippen LogP contribution in [0.2, 0.25) is 0 Å². The summed E-state index contributed by atoms with van der Waals surface area (Å²) in [4.78, 5) is 30.1. The van der Waals surface area contributed by atoms with Crippen molar-refractivity contribution in [3.63, 3.8) is 0 Å². The highest BCUT2D eigenvalue weighted by Gasteiger charge is 2.56. The van der Waals surface area contributed by atoms with Crippen molar-refractivity contribution in [3.8, 4) is 0 Å². The van der Waals surface area contributed by atoms with Crippen LogP contribution in [-0.2, 0) is 4.79 Å². The van der Waals surface area contributed by atoms with E-state index in [4.69, 9.17) is 0 Å². The SMILES string of the molecule is CCN1C(=O)N(C)C(=O)C12CCN(CC(C)(C)C)CC2. The number of carbonyl (C=O) groups excluding carboxylic acids is 2. The Morgan fingerprint density at radius 2 is 1.70 bits per heavy atom. The molecule has 0 N–H and O–H groups in total. The molecule has 2 aliphatic rings. The van der Waals surface area contributed by atoms with Crippen LogP contribution in [0.1, 0.15) is 40.5 Å². The topological polar surface area (TPSA) is 43.9 Å². The Hall–Kier alpha value is -1.10. The molecule has 5 nitrogen and oxygen atoms in total. The summed E-state index contributed by atoms with van der Waals surface area (Å²) >= 11 is 0.